The van der Waals surface area contributed by atoms with Crippen LogP contribution in [0.5, 0.6) is 0 Å². The molecule has 0 spiro atoms. The zero-order valence-corrected chi connectivity index (χ0v) is 20.1. The van der Waals surface area contributed by atoms with Crippen molar-refractivity contribution in [3.8, 4) is 11.1 Å². The molecule has 3 heterocycles. The molecular formula is C25H33N3O3S. The van der Waals surface area contributed by atoms with E-state index in [1.54, 1.807) is 11.3 Å². The van der Waals surface area contributed by atoms with Crippen LogP contribution in [-0.2, 0) is 9.53 Å². The summed E-state index contributed by atoms with van der Waals surface area (Å²) in [5, 5.41) is 1.14. The first-order valence-corrected chi connectivity index (χ1v) is 12.3. The van der Waals surface area contributed by atoms with Crippen molar-refractivity contribution in [3.63, 3.8) is 0 Å². The third-order valence-corrected chi connectivity index (χ3v) is 7.74. The van der Waals surface area contributed by atoms with Gasteiger partial charge in [0.15, 0.2) is 0 Å². The maximum Gasteiger partial charge on any atom is 0.264 e. The molecule has 0 radical (unpaired) electrons. The van der Waals surface area contributed by atoms with Crippen molar-refractivity contribution < 1.29 is 14.3 Å². The SMILES string of the molecule is CC(C)N(C)C(=O)C1CCN(C(=O)c2cc(-c3ccccc3)c(N3CCOCC3)s2)CC1. The highest BCUT2D eigenvalue weighted by molar-refractivity contribution is 7.18. The van der Waals surface area contributed by atoms with Crippen LogP contribution in [0.2, 0.25) is 0 Å². The van der Waals surface area contributed by atoms with Gasteiger partial charge in [-0.1, -0.05) is 30.3 Å². The maximum absolute atomic E-state index is 13.4. The first kappa shape index (κ1) is 22.8. The summed E-state index contributed by atoms with van der Waals surface area (Å²) in [4.78, 5) is 32.9. The van der Waals surface area contributed by atoms with Gasteiger partial charge in [0.2, 0.25) is 5.91 Å². The number of piperidine rings is 1. The van der Waals surface area contributed by atoms with Gasteiger partial charge in [-0.05, 0) is 38.3 Å². The fourth-order valence-electron chi connectivity index (χ4n) is 4.34. The Hall–Kier alpha value is -2.38. The van der Waals surface area contributed by atoms with E-state index in [2.05, 4.69) is 23.1 Å². The van der Waals surface area contributed by atoms with Crippen LogP contribution < -0.4 is 4.90 Å². The number of nitrogens with zero attached hydrogens (tertiary/aromatic N) is 3. The number of carbonyl (C=O) groups excluding carboxylic acids is 2. The van der Waals surface area contributed by atoms with Gasteiger partial charge < -0.3 is 19.4 Å². The van der Waals surface area contributed by atoms with Crippen LogP contribution in [0, 0.1) is 5.92 Å². The number of amides is 2. The van der Waals surface area contributed by atoms with Gasteiger partial charge in [0.05, 0.1) is 23.1 Å². The molecule has 2 aliphatic rings. The Morgan fingerprint density at radius 3 is 2.34 bits per heavy atom. The molecule has 32 heavy (non-hydrogen) atoms. The molecule has 2 fully saturated rings. The predicted molar refractivity (Wildman–Crippen MR) is 129 cm³/mol. The van der Waals surface area contributed by atoms with E-state index in [-0.39, 0.29) is 23.8 Å². The standard InChI is InChI=1S/C25H33N3O3S/c1-18(2)26(3)23(29)20-9-11-27(12-10-20)24(30)22-17-21(19-7-5-4-6-8-19)25(32-22)28-13-15-31-16-14-28/h4-8,17-18,20H,9-16H2,1-3H3. The first-order chi connectivity index (χ1) is 15.5. The fourth-order valence-corrected chi connectivity index (χ4v) is 5.54. The number of benzene rings is 1. The van der Waals surface area contributed by atoms with Gasteiger partial charge in [-0.15, -0.1) is 11.3 Å². The Kier molecular flexibility index (Phi) is 7.16. The van der Waals surface area contributed by atoms with Crippen molar-refractivity contribution in [1.29, 1.82) is 0 Å². The number of ether oxygens (including phenoxy) is 1. The number of thiophene rings is 1. The molecule has 2 saturated heterocycles. The summed E-state index contributed by atoms with van der Waals surface area (Å²) in [5.41, 5.74) is 2.25. The molecule has 4 rings (SSSR count). The van der Waals surface area contributed by atoms with E-state index in [1.165, 1.54) is 0 Å². The minimum atomic E-state index is 0.0126. The fraction of sp³-hybridized carbons (Fsp3) is 0.520. The summed E-state index contributed by atoms with van der Waals surface area (Å²) in [6.07, 6.45) is 1.46. The van der Waals surface area contributed by atoms with Crippen molar-refractivity contribution in [1.82, 2.24) is 9.80 Å². The molecule has 0 atom stereocenters. The first-order valence-electron chi connectivity index (χ1n) is 11.5. The van der Waals surface area contributed by atoms with Gasteiger partial charge in [0.1, 0.15) is 0 Å². The molecule has 0 aliphatic carbocycles. The van der Waals surface area contributed by atoms with Crippen LogP contribution in [0.3, 0.4) is 0 Å². The van der Waals surface area contributed by atoms with E-state index in [0.29, 0.717) is 26.3 Å². The van der Waals surface area contributed by atoms with Gasteiger partial charge in [-0.2, -0.15) is 0 Å². The van der Waals surface area contributed by atoms with E-state index < -0.39 is 0 Å². The minimum absolute atomic E-state index is 0.0126. The lowest BCUT2D eigenvalue weighted by Gasteiger charge is -2.34. The molecule has 6 nitrogen and oxygen atoms in total. The number of morpholine rings is 1. The molecule has 2 aliphatic heterocycles. The average molecular weight is 456 g/mol. The zero-order valence-electron chi connectivity index (χ0n) is 19.3. The van der Waals surface area contributed by atoms with Crippen molar-refractivity contribution in [2.24, 2.45) is 5.92 Å². The van der Waals surface area contributed by atoms with E-state index in [0.717, 1.165) is 46.9 Å². The van der Waals surface area contributed by atoms with Crippen molar-refractivity contribution >= 4 is 28.2 Å². The second-order valence-corrected chi connectivity index (χ2v) is 9.93. The van der Waals surface area contributed by atoms with E-state index in [1.807, 2.05) is 48.9 Å². The van der Waals surface area contributed by atoms with E-state index >= 15 is 0 Å². The average Bonchev–Trinajstić information content (AvgIpc) is 3.29. The van der Waals surface area contributed by atoms with Crippen LogP contribution in [0.25, 0.3) is 11.1 Å². The smallest absolute Gasteiger partial charge is 0.264 e. The zero-order chi connectivity index (χ0) is 22.7. The third kappa shape index (κ3) is 4.84. The number of likely N-dealkylation sites (tertiary alicyclic amines) is 1. The lowest BCUT2D eigenvalue weighted by molar-refractivity contribution is -0.137. The van der Waals surface area contributed by atoms with Gasteiger partial charge in [-0.3, -0.25) is 9.59 Å². The van der Waals surface area contributed by atoms with Crippen LogP contribution >= 0.6 is 11.3 Å². The highest BCUT2D eigenvalue weighted by Crippen LogP contribution is 2.40. The van der Waals surface area contributed by atoms with Gasteiger partial charge in [0, 0.05) is 50.7 Å². The molecule has 2 aromatic rings. The van der Waals surface area contributed by atoms with Gasteiger partial charge in [0.25, 0.3) is 5.91 Å². The quantitative estimate of drug-likeness (QED) is 0.685. The van der Waals surface area contributed by atoms with E-state index in [4.69, 9.17) is 4.74 Å². The largest absolute Gasteiger partial charge is 0.378 e. The normalized spacial score (nSPS) is 17.6. The van der Waals surface area contributed by atoms with Gasteiger partial charge in [-0.25, -0.2) is 0 Å². The molecule has 0 saturated carbocycles. The Morgan fingerprint density at radius 2 is 1.72 bits per heavy atom. The Labute approximate surface area is 194 Å². The second-order valence-electron chi connectivity index (χ2n) is 8.90. The van der Waals surface area contributed by atoms with Crippen molar-refractivity contribution in [3.05, 3.63) is 41.3 Å². The number of anilines is 1. The predicted octanol–water partition coefficient (Wildman–Crippen LogP) is 3.97. The van der Waals surface area contributed by atoms with Crippen LogP contribution in [-0.4, -0.2) is 74.1 Å². The summed E-state index contributed by atoms with van der Waals surface area (Å²) in [6, 6.07) is 12.5. The molecule has 2 amide bonds. The highest BCUT2D eigenvalue weighted by atomic mass is 32.1. The molecule has 7 heteroatoms. The maximum atomic E-state index is 13.4. The molecular weight excluding hydrogens is 422 g/mol. The number of hydrogen-bond donors (Lipinski definition) is 0. The molecule has 1 aromatic carbocycles. The number of rotatable bonds is 5. The summed E-state index contributed by atoms with van der Waals surface area (Å²) in [7, 11) is 1.87. The molecule has 0 bridgehead atoms. The van der Waals surface area contributed by atoms with Crippen LogP contribution in [0.4, 0.5) is 5.00 Å². The Balaban J connectivity index is 1.51. The lowest BCUT2D eigenvalue weighted by atomic mass is 9.95. The summed E-state index contributed by atoms with van der Waals surface area (Å²) in [5.74, 6) is 0.289. The number of carbonyl (C=O) groups is 2. The molecule has 0 N–H and O–H groups in total. The lowest BCUT2D eigenvalue weighted by Crippen LogP contribution is -2.44. The highest BCUT2D eigenvalue weighted by Gasteiger charge is 2.31. The van der Waals surface area contributed by atoms with Crippen LogP contribution in [0.15, 0.2) is 36.4 Å². The monoisotopic (exact) mass is 455 g/mol. The summed E-state index contributed by atoms with van der Waals surface area (Å²) in [6.45, 7) is 8.42. The Bertz CT molecular complexity index is 929. The minimum Gasteiger partial charge on any atom is -0.378 e. The topological polar surface area (TPSA) is 53.1 Å². The van der Waals surface area contributed by atoms with Gasteiger partial charge >= 0.3 is 0 Å². The van der Waals surface area contributed by atoms with Crippen molar-refractivity contribution in [2.75, 3.05) is 51.3 Å². The molecule has 1 aromatic heterocycles. The van der Waals surface area contributed by atoms with Crippen LogP contribution in [0.1, 0.15) is 36.4 Å². The summed E-state index contributed by atoms with van der Waals surface area (Å²) >= 11 is 1.58. The third-order valence-electron chi connectivity index (χ3n) is 6.56. The Morgan fingerprint density at radius 1 is 1.06 bits per heavy atom. The van der Waals surface area contributed by atoms with Crippen molar-refractivity contribution in [2.45, 2.75) is 32.7 Å². The van der Waals surface area contributed by atoms with E-state index in [9.17, 15) is 9.59 Å². The summed E-state index contributed by atoms with van der Waals surface area (Å²) < 4.78 is 5.53. The molecule has 172 valence electrons. The molecule has 0 unspecified atom stereocenters. The second kappa shape index (κ2) is 10.0. The number of hydrogen-bond acceptors (Lipinski definition) is 5.